The first-order valence-electron chi connectivity index (χ1n) is 6.55. The van der Waals surface area contributed by atoms with E-state index in [1.807, 2.05) is 49.4 Å². The maximum Gasteiger partial charge on any atom is 0.246 e. The molecule has 0 aliphatic carbocycles. The standard InChI is InChI=1S/C16H17BrN2O2/c1-11(18-13-8-6-12(17)7-9-13)16(20)19-14-4-3-5-15(10-14)21-2/h3-11,18H,1-2H3,(H,19,20)/t11-/m1/s1. The van der Waals surface area contributed by atoms with Gasteiger partial charge in [-0.3, -0.25) is 4.79 Å². The van der Waals surface area contributed by atoms with E-state index in [1.165, 1.54) is 0 Å². The predicted molar refractivity (Wildman–Crippen MR) is 88.9 cm³/mol. The summed E-state index contributed by atoms with van der Waals surface area (Å²) >= 11 is 3.38. The van der Waals surface area contributed by atoms with Gasteiger partial charge < -0.3 is 15.4 Å². The molecule has 1 amide bonds. The Bertz CT molecular complexity index is 614. The minimum absolute atomic E-state index is 0.105. The van der Waals surface area contributed by atoms with Crippen LogP contribution in [0, 0.1) is 0 Å². The van der Waals surface area contributed by atoms with Crippen molar-refractivity contribution < 1.29 is 9.53 Å². The van der Waals surface area contributed by atoms with E-state index >= 15 is 0 Å². The summed E-state index contributed by atoms with van der Waals surface area (Å²) in [4.78, 5) is 12.2. The molecule has 0 unspecified atom stereocenters. The molecule has 0 saturated carbocycles. The number of halogens is 1. The molecule has 0 fully saturated rings. The fourth-order valence-corrected chi connectivity index (χ4v) is 2.08. The van der Waals surface area contributed by atoms with Crippen LogP contribution in [-0.4, -0.2) is 19.1 Å². The van der Waals surface area contributed by atoms with E-state index < -0.39 is 0 Å². The molecule has 5 heteroatoms. The first kappa shape index (κ1) is 15.4. The van der Waals surface area contributed by atoms with Crippen molar-refractivity contribution in [3.05, 3.63) is 53.0 Å². The van der Waals surface area contributed by atoms with Crippen LogP contribution in [0.3, 0.4) is 0 Å². The normalized spacial score (nSPS) is 11.6. The number of methoxy groups -OCH3 is 1. The molecular weight excluding hydrogens is 332 g/mol. The zero-order valence-electron chi connectivity index (χ0n) is 11.9. The molecule has 0 spiro atoms. The number of anilines is 2. The summed E-state index contributed by atoms with van der Waals surface area (Å²) in [5, 5.41) is 6.01. The quantitative estimate of drug-likeness (QED) is 0.861. The Kier molecular flexibility index (Phi) is 5.22. The number of hydrogen-bond acceptors (Lipinski definition) is 3. The third kappa shape index (κ3) is 4.49. The van der Waals surface area contributed by atoms with Gasteiger partial charge in [0.25, 0.3) is 0 Å². The minimum atomic E-state index is -0.350. The third-order valence-electron chi connectivity index (χ3n) is 2.96. The van der Waals surface area contributed by atoms with Gasteiger partial charge in [0.15, 0.2) is 0 Å². The molecule has 2 rings (SSSR count). The van der Waals surface area contributed by atoms with E-state index in [4.69, 9.17) is 4.74 Å². The largest absolute Gasteiger partial charge is 0.497 e. The van der Waals surface area contributed by atoms with Crippen molar-refractivity contribution in [2.24, 2.45) is 0 Å². The summed E-state index contributed by atoms with van der Waals surface area (Å²) in [5.74, 6) is 0.604. The van der Waals surface area contributed by atoms with Crippen LogP contribution in [-0.2, 0) is 4.79 Å². The van der Waals surface area contributed by atoms with E-state index in [1.54, 1.807) is 13.2 Å². The summed E-state index contributed by atoms with van der Waals surface area (Å²) in [7, 11) is 1.60. The lowest BCUT2D eigenvalue weighted by molar-refractivity contribution is -0.116. The van der Waals surface area contributed by atoms with Crippen molar-refractivity contribution in [1.82, 2.24) is 0 Å². The highest BCUT2D eigenvalue weighted by Crippen LogP contribution is 2.18. The fraction of sp³-hybridized carbons (Fsp3) is 0.188. The number of carbonyl (C=O) groups excluding carboxylic acids is 1. The number of nitrogens with one attached hydrogen (secondary N) is 2. The molecule has 0 aliphatic heterocycles. The van der Waals surface area contributed by atoms with Crippen LogP contribution in [0.1, 0.15) is 6.92 Å². The fourth-order valence-electron chi connectivity index (χ4n) is 1.81. The zero-order chi connectivity index (χ0) is 15.2. The van der Waals surface area contributed by atoms with Crippen molar-refractivity contribution in [2.45, 2.75) is 13.0 Å². The number of carbonyl (C=O) groups is 1. The van der Waals surface area contributed by atoms with Gasteiger partial charge in [0.05, 0.1) is 7.11 Å². The maximum absolute atomic E-state index is 12.2. The van der Waals surface area contributed by atoms with Crippen LogP contribution in [0.2, 0.25) is 0 Å². The third-order valence-corrected chi connectivity index (χ3v) is 3.49. The van der Waals surface area contributed by atoms with E-state index in [0.29, 0.717) is 11.4 Å². The molecule has 2 N–H and O–H groups in total. The summed E-state index contributed by atoms with van der Waals surface area (Å²) < 4.78 is 6.13. The molecule has 1 atom stereocenters. The first-order valence-corrected chi connectivity index (χ1v) is 7.35. The Labute approximate surface area is 132 Å². The number of benzene rings is 2. The lowest BCUT2D eigenvalue weighted by Crippen LogP contribution is -2.31. The van der Waals surface area contributed by atoms with Crippen LogP contribution in [0.4, 0.5) is 11.4 Å². The number of rotatable bonds is 5. The molecule has 0 bridgehead atoms. The highest BCUT2D eigenvalue weighted by atomic mass is 79.9. The highest BCUT2D eigenvalue weighted by molar-refractivity contribution is 9.10. The maximum atomic E-state index is 12.2. The van der Waals surface area contributed by atoms with Gasteiger partial charge in [-0.15, -0.1) is 0 Å². The van der Waals surface area contributed by atoms with Crippen molar-refractivity contribution in [3.63, 3.8) is 0 Å². The molecular formula is C16H17BrN2O2. The molecule has 4 nitrogen and oxygen atoms in total. The van der Waals surface area contributed by atoms with E-state index in [9.17, 15) is 4.79 Å². The van der Waals surface area contributed by atoms with Gasteiger partial charge in [-0.2, -0.15) is 0 Å². The Morgan fingerprint density at radius 2 is 1.86 bits per heavy atom. The summed E-state index contributed by atoms with van der Waals surface area (Å²) in [5.41, 5.74) is 1.61. The van der Waals surface area contributed by atoms with Crippen LogP contribution in [0.5, 0.6) is 5.75 Å². The zero-order valence-corrected chi connectivity index (χ0v) is 13.5. The second-order valence-corrected chi connectivity index (χ2v) is 5.51. The SMILES string of the molecule is COc1cccc(NC(=O)[C@@H](C)Nc2ccc(Br)cc2)c1. The second kappa shape index (κ2) is 7.13. The predicted octanol–water partition coefficient (Wildman–Crippen LogP) is 3.90. The second-order valence-electron chi connectivity index (χ2n) is 4.59. The molecule has 0 saturated heterocycles. The Morgan fingerprint density at radius 3 is 2.52 bits per heavy atom. The average Bonchev–Trinajstić information content (AvgIpc) is 2.49. The number of ether oxygens (including phenoxy) is 1. The van der Waals surface area contributed by atoms with E-state index in [0.717, 1.165) is 10.2 Å². The van der Waals surface area contributed by atoms with Gasteiger partial charge in [-0.05, 0) is 43.3 Å². The average molecular weight is 349 g/mol. The van der Waals surface area contributed by atoms with Crippen molar-refractivity contribution in [1.29, 1.82) is 0 Å². The van der Waals surface area contributed by atoms with Gasteiger partial charge in [0.2, 0.25) is 5.91 Å². The molecule has 0 heterocycles. The molecule has 0 radical (unpaired) electrons. The van der Waals surface area contributed by atoms with Crippen molar-refractivity contribution in [3.8, 4) is 5.75 Å². The summed E-state index contributed by atoms with van der Waals surface area (Å²) in [6, 6.07) is 14.6. The van der Waals surface area contributed by atoms with Gasteiger partial charge in [-0.25, -0.2) is 0 Å². The topological polar surface area (TPSA) is 50.4 Å². The van der Waals surface area contributed by atoms with Crippen molar-refractivity contribution >= 4 is 33.2 Å². The summed E-state index contributed by atoms with van der Waals surface area (Å²) in [6.45, 7) is 1.82. The molecule has 2 aromatic rings. The Hall–Kier alpha value is -2.01. The van der Waals surface area contributed by atoms with Crippen LogP contribution in [0.15, 0.2) is 53.0 Å². The Morgan fingerprint density at radius 1 is 1.14 bits per heavy atom. The molecule has 2 aromatic carbocycles. The smallest absolute Gasteiger partial charge is 0.246 e. The minimum Gasteiger partial charge on any atom is -0.497 e. The van der Waals surface area contributed by atoms with E-state index in [2.05, 4.69) is 26.6 Å². The van der Waals surface area contributed by atoms with Gasteiger partial charge in [0.1, 0.15) is 11.8 Å². The number of hydrogen-bond donors (Lipinski definition) is 2. The first-order chi connectivity index (χ1) is 10.1. The highest BCUT2D eigenvalue weighted by Gasteiger charge is 2.13. The summed E-state index contributed by atoms with van der Waals surface area (Å²) in [6.07, 6.45) is 0. The van der Waals surface area contributed by atoms with Gasteiger partial charge in [-0.1, -0.05) is 22.0 Å². The van der Waals surface area contributed by atoms with E-state index in [-0.39, 0.29) is 11.9 Å². The molecule has 21 heavy (non-hydrogen) atoms. The molecule has 0 aromatic heterocycles. The molecule has 0 aliphatic rings. The van der Waals surface area contributed by atoms with Crippen LogP contribution < -0.4 is 15.4 Å². The lowest BCUT2D eigenvalue weighted by Gasteiger charge is -2.15. The van der Waals surface area contributed by atoms with Crippen molar-refractivity contribution in [2.75, 3.05) is 17.7 Å². The van der Waals surface area contributed by atoms with Gasteiger partial charge >= 0.3 is 0 Å². The Balaban J connectivity index is 1.97. The monoisotopic (exact) mass is 348 g/mol. The molecule has 110 valence electrons. The lowest BCUT2D eigenvalue weighted by atomic mass is 10.2. The van der Waals surface area contributed by atoms with Crippen LogP contribution >= 0.6 is 15.9 Å². The van der Waals surface area contributed by atoms with Crippen LogP contribution in [0.25, 0.3) is 0 Å². The van der Waals surface area contributed by atoms with Gasteiger partial charge in [0, 0.05) is 21.9 Å². The number of amides is 1.